The van der Waals surface area contributed by atoms with Crippen LogP contribution in [0.3, 0.4) is 0 Å². The molecule has 1 fully saturated rings. The zero-order valence-corrected chi connectivity index (χ0v) is 7.34. The fourth-order valence-corrected chi connectivity index (χ4v) is 1.43. The molecule has 0 unspecified atom stereocenters. The van der Waals surface area contributed by atoms with Crippen LogP contribution in [0.1, 0.15) is 24.0 Å². The maximum atomic E-state index is 13.0. The molecule has 0 aromatic heterocycles. The average molecular weight is 182 g/mol. The summed E-state index contributed by atoms with van der Waals surface area (Å²) in [5, 5.41) is 18.9. The second-order valence-corrected chi connectivity index (χ2v) is 3.66. The molecule has 0 saturated heterocycles. The second kappa shape index (κ2) is 2.45. The lowest BCUT2D eigenvalue weighted by Crippen LogP contribution is -2.04. The number of benzene rings is 1. The molecule has 0 spiro atoms. The van der Waals surface area contributed by atoms with E-state index in [4.69, 9.17) is 0 Å². The molecule has 70 valence electrons. The van der Waals surface area contributed by atoms with Crippen molar-refractivity contribution in [2.75, 3.05) is 0 Å². The fourth-order valence-electron chi connectivity index (χ4n) is 1.43. The van der Waals surface area contributed by atoms with E-state index in [2.05, 4.69) is 0 Å². The van der Waals surface area contributed by atoms with Crippen molar-refractivity contribution in [1.82, 2.24) is 0 Å². The summed E-state index contributed by atoms with van der Waals surface area (Å²) in [6, 6.07) is 2.89. The van der Waals surface area contributed by atoms with E-state index in [1.165, 1.54) is 6.07 Å². The lowest BCUT2D eigenvalue weighted by atomic mass is 10.0. The van der Waals surface area contributed by atoms with Crippen LogP contribution in [-0.4, -0.2) is 10.2 Å². The van der Waals surface area contributed by atoms with E-state index in [0.29, 0.717) is 24.0 Å². The highest BCUT2D eigenvalue weighted by Crippen LogP contribution is 2.46. The highest BCUT2D eigenvalue weighted by atomic mass is 19.1. The molecule has 0 aliphatic heterocycles. The van der Waals surface area contributed by atoms with Crippen LogP contribution in [0.25, 0.3) is 0 Å². The van der Waals surface area contributed by atoms with Gasteiger partial charge in [-0.3, -0.25) is 0 Å². The molecule has 1 saturated carbocycles. The molecular weight excluding hydrogens is 171 g/mol. The van der Waals surface area contributed by atoms with Crippen LogP contribution in [0, 0.1) is 12.7 Å². The third-order valence-electron chi connectivity index (χ3n) is 2.50. The first-order valence-electron chi connectivity index (χ1n) is 4.25. The summed E-state index contributed by atoms with van der Waals surface area (Å²) < 4.78 is 13.0. The first-order valence-corrected chi connectivity index (χ1v) is 4.25. The quantitative estimate of drug-likeness (QED) is 0.695. The van der Waals surface area contributed by atoms with Gasteiger partial charge in [0.15, 0.2) is 11.6 Å². The molecule has 2 rings (SSSR count). The van der Waals surface area contributed by atoms with Gasteiger partial charge in [-0.25, -0.2) is 4.39 Å². The van der Waals surface area contributed by atoms with E-state index < -0.39 is 11.4 Å². The third kappa shape index (κ3) is 1.29. The lowest BCUT2D eigenvalue weighted by molar-refractivity contribution is 0.151. The van der Waals surface area contributed by atoms with Crippen LogP contribution in [0.5, 0.6) is 5.75 Å². The molecule has 0 atom stereocenters. The molecule has 13 heavy (non-hydrogen) atoms. The van der Waals surface area contributed by atoms with Crippen molar-refractivity contribution >= 4 is 0 Å². The zero-order chi connectivity index (χ0) is 9.64. The van der Waals surface area contributed by atoms with Gasteiger partial charge >= 0.3 is 0 Å². The van der Waals surface area contributed by atoms with E-state index in [0.717, 1.165) is 0 Å². The van der Waals surface area contributed by atoms with Crippen LogP contribution in [0.2, 0.25) is 0 Å². The predicted octanol–water partition coefficient (Wildman–Crippen LogP) is 1.82. The van der Waals surface area contributed by atoms with Gasteiger partial charge in [-0.15, -0.1) is 0 Å². The van der Waals surface area contributed by atoms with Crippen LogP contribution in [0.15, 0.2) is 12.1 Å². The van der Waals surface area contributed by atoms with Crippen molar-refractivity contribution < 1.29 is 14.6 Å². The number of phenolic OH excluding ortho intramolecular Hbond substituents is 1. The minimum atomic E-state index is -0.810. The SMILES string of the molecule is Cc1cc(C2(O)CC2)cc(O)c1F. The highest BCUT2D eigenvalue weighted by Gasteiger charge is 2.42. The van der Waals surface area contributed by atoms with E-state index in [1.54, 1.807) is 13.0 Å². The van der Waals surface area contributed by atoms with E-state index in [9.17, 15) is 14.6 Å². The van der Waals surface area contributed by atoms with Gasteiger partial charge in [0, 0.05) is 0 Å². The Morgan fingerprint density at radius 1 is 1.38 bits per heavy atom. The Morgan fingerprint density at radius 2 is 2.00 bits per heavy atom. The fraction of sp³-hybridized carbons (Fsp3) is 0.400. The molecule has 2 N–H and O–H groups in total. The standard InChI is InChI=1S/C10H11FO2/c1-6-4-7(10(13)2-3-10)5-8(12)9(6)11/h4-5,12-13H,2-3H2,1H3. The smallest absolute Gasteiger partial charge is 0.167 e. The number of rotatable bonds is 1. The number of phenols is 1. The molecule has 0 radical (unpaired) electrons. The van der Waals surface area contributed by atoms with Gasteiger partial charge in [0.25, 0.3) is 0 Å². The molecule has 3 heteroatoms. The zero-order valence-electron chi connectivity index (χ0n) is 7.34. The Bertz CT molecular complexity index is 333. The van der Waals surface area contributed by atoms with Crippen LogP contribution >= 0.6 is 0 Å². The van der Waals surface area contributed by atoms with Gasteiger partial charge in [0.1, 0.15) is 0 Å². The normalized spacial score (nSPS) is 18.7. The third-order valence-corrected chi connectivity index (χ3v) is 2.50. The van der Waals surface area contributed by atoms with Crippen LogP contribution < -0.4 is 0 Å². The Morgan fingerprint density at radius 3 is 2.46 bits per heavy atom. The maximum Gasteiger partial charge on any atom is 0.167 e. The average Bonchev–Trinajstić information content (AvgIpc) is 2.80. The Kier molecular flexibility index (Phi) is 1.60. The van der Waals surface area contributed by atoms with Gasteiger partial charge in [-0.1, -0.05) is 6.07 Å². The molecular formula is C10H11FO2. The summed E-state index contributed by atoms with van der Waals surface area (Å²) in [6.07, 6.45) is 1.38. The maximum absolute atomic E-state index is 13.0. The van der Waals surface area contributed by atoms with E-state index in [-0.39, 0.29) is 5.75 Å². The second-order valence-electron chi connectivity index (χ2n) is 3.66. The minimum Gasteiger partial charge on any atom is -0.505 e. The summed E-state index contributed by atoms with van der Waals surface area (Å²) in [5.74, 6) is -0.983. The predicted molar refractivity (Wildman–Crippen MR) is 45.9 cm³/mol. The number of aryl methyl sites for hydroxylation is 1. The summed E-state index contributed by atoms with van der Waals surface area (Å²) in [7, 11) is 0. The van der Waals surface area contributed by atoms with Gasteiger partial charge in [0.05, 0.1) is 5.60 Å². The molecule has 2 nitrogen and oxygen atoms in total. The highest BCUT2D eigenvalue weighted by molar-refractivity contribution is 5.39. The molecule has 0 amide bonds. The summed E-state index contributed by atoms with van der Waals surface area (Å²) in [5.41, 5.74) is 0.176. The minimum absolute atomic E-state index is 0.371. The monoisotopic (exact) mass is 182 g/mol. The van der Waals surface area contributed by atoms with Gasteiger partial charge in [-0.2, -0.15) is 0 Å². The molecule has 0 heterocycles. The number of aromatic hydroxyl groups is 1. The Hall–Kier alpha value is -1.09. The van der Waals surface area contributed by atoms with E-state index in [1.807, 2.05) is 0 Å². The molecule has 1 aromatic rings. The van der Waals surface area contributed by atoms with Crippen molar-refractivity contribution in [3.8, 4) is 5.75 Å². The number of aliphatic hydroxyl groups is 1. The number of halogens is 1. The molecule has 1 aliphatic rings. The van der Waals surface area contributed by atoms with Crippen molar-refractivity contribution in [3.63, 3.8) is 0 Å². The molecule has 1 aliphatic carbocycles. The van der Waals surface area contributed by atoms with Crippen molar-refractivity contribution in [2.45, 2.75) is 25.4 Å². The van der Waals surface area contributed by atoms with Crippen LogP contribution in [0.4, 0.5) is 4.39 Å². The topological polar surface area (TPSA) is 40.5 Å². The van der Waals surface area contributed by atoms with Gasteiger partial charge in [-0.05, 0) is 37.0 Å². The Labute approximate surface area is 75.6 Å². The van der Waals surface area contributed by atoms with Crippen molar-refractivity contribution in [1.29, 1.82) is 0 Å². The lowest BCUT2D eigenvalue weighted by Gasteiger charge is -2.10. The van der Waals surface area contributed by atoms with Gasteiger partial charge in [0.2, 0.25) is 0 Å². The summed E-state index contributed by atoms with van der Waals surface area (Å²) >= 11 is 0. The number of hydrogen-bond acceptors (Lipinski definition) is 2. The molecule has 1 aromatic carbocycles. The largest absolute Gasteiger partial charge is 0.505 e. The summed E-state index contributed by atoms with van der Waals surface area (Å²) in [6.45, 7) is 1.57. The van der Waals surface area contributed by atoms with E-state index >= 15 is 0 Å². The molecule has 0 bridgehead atoms. The van der Waals surface area contributed by atoms with Gasteiger partial charge < -0.3 is 10.2 Å². The van der Waals surface area contributed by atoms with Crippen molar-refractivity contribution in [3.05, 3.63) is 29.1 Å². The summed E-state index contributed by atoms with van der Waals surface area (Å²) in [4.78, 5) is 0. The number of hydrogen-bond donors (Lipinski definition) is 2. The first-order chi connectivity index (χ1) is 6.03. The van der Waals surface area contributed by atoms with Crippen molar-refractivity contribution in [2.24, 2.45) is 0 Å². The first kappa shape index (κ1) is 8.51. The van der Waals surface area contributed by atoms with Crippen LogP contribution in [-0.2, 0) is 5.60 Å². The Balaban J connectivity index is 2.50.